The van der Waals surface area contributed by atoms with Crippen molar-refractivity contribution in [3.8, 4) is 0 Å². The van der Waals surface area contributed by atoms with E-state index in [2.05, 4.69) is 35.3 Å². The van der Waals surface area contributed by atoms with E-state index < -0.39 is 0 Å². The number of pyridine rings is 1. The van der Waals surface area contributed by atoms with Crippen LogP contribution in [0.2, 0.25) is 0 Å². The second kappa shape index (κ2) is 5.27. The van der Waals surface area contributed by atoms with Gasteiger partial charge in [0.2, 0.25) is 0 Å². The molecule has 3 atom stereocenters. The van der Waals surface area contributed by atoms with Gasteiger partial charge < -0.3 is 5.73 Å². The molecule has 2 nitrogen and oxygen atoms in total. The van der Waals surface area contributed by atoms with E-state index >= 15 is 0 Å². The topological polar surface area (TPSA) is 38.9 Å². The maximum Gasteiger partial charge on any atom is 0.0482 e. The van der Waals surface area contributed by atoms with E-state index in [0.717, 1.165) is 12.8 Å². The van der Waals surface area contributed by atoms with Crippen molar-refractivity contribution < 1.29 is 0 Å². The smallest absolute Gasteiger partial charge is 0.0482 e. The van der Waals surface area contributed by atoms with Crippen LogP contribution < -0.4 is 5.73 Å². The zero-order valence-electron chi connectivity index (χ0n) is 12.3. The Hall–Kier alpha value is -1.67. The van der Waals surface area contributed by atoms with Crippen LogP contribution in [-0.4, -0.2) is 11.0 Å². The summed E-state index contributed by atoms with van der Waals surface area (Å²) in [5.74, 6) is 1.05. The molecule has 0 radical (unpaired) electrons. The van der Waals surface area contributed by atoms with E-state index in [-0.39, 0.29) is 6.04 Å². The number of fused-ring (bicyclic) bond motifs is 2. The van der Waals surface area contributed by atoms with E-state index in [1.165, 1.54) is 41.6 Å². The van der Waals surface area contributed by atoms with E-state index in [1.807, 2.05) is 12.3 Å². The van der Waals surface area contributed by atoms with Gasteiger partial charge in [-0.3, -0.25) is 4.98 Å². The van der Waals surface area contributed by atoms with Crippen molar-refractivity contribution in [3.05, 3.63) is 65.0 Å². The van der Waals surface area contributed by atoms with Gasteiger partial charge in [-0.25, -0.2) is 0 Å². The lowest BCUT2D eigenvalue weighted by atomic mass is 9.76. The summed E-state index contributed by atoms with van der Waals surface area (Å²) in [4.78, 5) is 4.62. The second-order valence-electron chi connectivity index (χ2n) is 6.54. The van der Waals surface area contributed by atoms with E-state index in [1.54, 1.807) is 0 Å². The van der Waals surface area contributed by atoms with Crippen LogP contribution in [0.5, 0.6) is 0 Å². The Labute approximate surface area is 126 Å². The molecule has 0 saturated heterocycles. The Balaban J connectivity index is 1.56. The first-order valence-corrected chi connectivity index (χ1v) is 8.09. The zero-order chi connectivity index (χ0) is 14.2. The molecule has 0 saturated carbocycles. The van der Waals surface area contributed by atoms with Gasteiger partial charge in [-0.1, -0.05) is 30.3 Å². The first-order valence-electron chi connectivity index (χ1n) is 8.09. The van der Waals surface area contributed by atoms with Gasteiger partial charge in [0, 0.05) is 23.9 Å². The van der Waals surface area contributed by atoms with Gasteiger partial charge in [-0.15, -0.1) is 0 Å². The average molecular weight is 278 g/mol. The largest absolute Gasteiger partial charge is 0.327 e. The maximum absolute atomic E-state index is 6.69. The van der Waals surface area contributed by atoms with Crippen LogP contribution in [0.4, 0.5) is 0 Å². The quantitative estimate of drug-likeness (QED) is 0.916. The summed E-state index contributed by atoms with van der Waals surface area (Å²) in [5, 5.41) is 0. The molecule has 4 rings (SSSR count). The predicted molar refractivity (Wildman–Crippen MR) is 85.2 cm³/mol. The fourth-order valence-electron chi connectivity index (χ4n) is 4.20. The number of benzene rings is 1. The summed E-state index contributed by atoms with van der Waals surface area (Å²) in [6.45, 7) is 0. The summed E-state index contributed by atoms with van der Waals surface area (Å²) >= 11 is 0. The Morgan fingerprint density at radius 1 is 0.952 bits per heavy atom. The van der Waals surface area contributed by atoms with Crippen LogP contribution in [0.1, 0.15) is 41.1 Å². The van der Waals surface area contributed by atoms with Gasteiger partial charge in [-0.05, 0) is 60.8 Å². The number of aromatic nitrogens is 1. The van der Waals surface area contributed by atoms with Crippen molar-refractivity contribution >= 4 is 0 Å². The highest BCUT2D eigenvalue weighted by Crippen LogP contribution is 2.38. The SMILES string of the molecule is NC(C1CCc2ccccc2C1)C1CCc2cccnc21. The van der Waals surface area contributed by atoms with E-state index in [9.17, 15) is 0 Å². The third kappa shape index (κ3) is 2.28. The van der Waals surface area contributed by atoms with Crippen LogP contribution in [0.3, 0.4) is 0 Å². The van der Waals surface area contributed by atoms with Crippen molar-refractivity contribution in [1.29, 1.82) is 0 Å². The monoisotopic (exact) mass is 278 g/mol. The third-order valence-corrected chi connectivity index (χ3v) is 5.40. The lowest BCUT2D eigenvalue weighted by molar-refractivity contribution is 0.328. The van der Waals surface area contributed by atoms with Crippen molar-refractivity contribution in [3.63, 3.8) is 0 Å². The number of hydrogen-bond acceptors (Lipinski definition) is 2. The fourth-order valence-corrected chi connectivity index (χ4v) is 4.20. The molecule has 0 aliphatic heterocycles. The number of aryl methyl sites for hydroxylation is 2. The number of hydrogen-bond donors (Lipinski definition) is 1. The molecule has 1 aromatic heterocycles. The summed E-state index contributed by atoms with van der Waals surface area (Å²) in [5.41, 5.74) is 12.4. The average Bonchev–Trinajstić information content (AvgIpc) is 2.98. The lowest BCUT2D eigenvalue weighted by Gasteiger charge is -2.32. The van der Waals surface area contributed by atoms with Gasteiger partial charge in [0.1, 0.15) is 0 Å². The molecule has 1 heterocycles. The first kappa shape index (κ1) is 13.0. The Morgan fingerprint density at radius 3 is 2.62 bits per heavy atom. The molecule has 0 amide bonds. The van der Waals surface area contributed by atoms with Crippen molar-refractivity contribution in [2.24, 2.45) is 11.7 Å². The van der Waals surface area contributed by atoms with Crippen molar-refractivity contribution in [2.45, 2.75) is 44.1 Å². The lowest BCUT2D eigenvalue weighted by Crippen LogP contribution is -2.38. The highest BCUT2D eigenvalue weighted by atomic mass is 14.8. The van der Waals surface area contributed by atoms with Crippen LogP contribution in [0, 0.1) is 5.92 Å². The summed E-state index contributed by atoms with van der Waals surface area (Å²) in [6.07, 6.45) is 7.76. The standard InChI is InChI=1S/C19H22N2/c20-18(17-10-9-14-6-3-11-21-19(14)17)16-8-7-13-4-1-2-5-15(13)12-16/h1-6,11,16-18H,7-10,12,20H2. The van der Waals surface area contributed by atoms with E-state index in [0.29, 0.717) is 11.8 Å². The molecule has 2 aliphatic rings. The number of rotatable bonds is 2. The normalized spacial score (nSPS) is 25.2. The van der Waals surface area contributed by atoms with Crippen molar-refractivity contribution in [2.75, 3.05) is 0 Å². The zero-order valence-corrected chi connectivity index (χ0v) is 12.3. The highest BCUT2D eigenvalue weighted by Gasteiger charge is 2.34. The minimum atomic E-state index is 0.245. The molecule has 0 fully saturated rings. The highest BCUT2D eigenvalue weighted by molar-refractivity contribution is 5.33. The number of nitrogens with zero attached hydrogens (tertiary/aromatic N) is 1. The molecule has 2 aliphatic carbocycles. The molecule has 0 bridgehead atoms. The van der Waals surface area contributed by atoms with Crippen LogP contribution >= 0.6 is 0 Å². The van der Waals surface area contributed by atoms with Crippen LogP contribution in [0.25, 0.3) is 0 Å². The molecule has 2 heteroatoms. The van der Waals surface area contributed by atoms with Gasteiger partial charge in [-0.2, -0.15) is 0 Å². The first-order chi connectivity index (χ1) is 10.3. The summed E-state index contributed by atoms with van der Waals surface area (Å²) in [6, 6.07) is 13.3. The summed E-state index contributed by atoms with van der Waals surface area (Å²) in [7, 11) is 0. The molecule has 2 aromatic rings. The van der Waals surface area contributed by atoms with Gasteiger partial charge in [0.05, 0.1) is 0 Å². The molecule has 3 unspecified atom stereocenters. The van der Waals surface area contributed by atoms with Gasteiger partial charge >= 0.3 is 0 Å². The minimum Gasteiger partial charge on any atom is -0.327 e. The van der Waals surface area contributed by atoms with Gasteiger partial charge in [0.25, 0.3) is 0 Å². The molecule has 108 valence electrons. The maximum atomic E-state index is 6.69. The second-order valence-corrected chi connectivity index (χ2v) is 6.54. The van der Waals surface area contributed by atoms with Crippen LogP contribution in [-0.2, 0) is 19.3 Å². The molecular formula is C19H22N2. The Morgan fingerprint density at radius 2 is 1.71 bits per heavy atom. The minimum absolute atomic E-state index is 0.245. The molecule has 21 heavy (non-hydrogen) atoms. The molecular weight excluding hydrogens is 256 g/mol. The van der Waals surface area contributed by atoms with Crippen LogP contribution in [0.15, 0.2) is 42.6 Å². The third-order valence-electron chi connectivity index (χ3n) is 5.40. The van der Waals surface area contributed by atoms with Gasteiger partial charge in [0.15, 0.2) is 0 Å². The number of nitrogens with two attached hydrogens (primary N) is 1. The Bertz CT molecular complexity index is 650. The molecule has 2 N–H and O–H groups in total. The molecule has 0 spiro atoms. The Kier molecular flexibility index (Phi) is 3.27. The predicted octanol–water partition coefficient (Wildman–Crippen LogP) is 3.24. The van der Waals surface area contributed by atoms with E-state index in [4.69, 9.17) is 5.73 Å². The fraction of sp³-hybridized carbons (Fsp3) is 0.421. The summed E-state index contributed by atoms with van der Waals surface area (Å²) < 4.78 is 0. The molecule has 1 aromatic carbocycles. The van der Waals surface area contributed by atoms with Crippen molar-refractivity contribution in [1.82, 2.24) is 4.98 Å².